The summed E-state index contributed by atoms with van der Waals surface area (Å²) >= 11 is 0. The first-order chi connectivity index (χ1) is 18.8. The number of hydrogen-bond donors (Lipinski definition) is 2. The molecule has 3 aromatic rings. The van der Waals surface area contributed by atoms with Crippen LogP contribution in [0.2, 0.25) is 0 Å². The smallest absolute Gasteiger partial charge is 0.255 e. The first-order valence-corrected chi connectivity index (χ1v) is 13.0. The largest absolute Gasteiger partial charge is 0.493 e. The lowest BCUT2D eigenvalue weighted by Gasteiger charge is -2.31. The minimum absolute atomic E-state index is 0.186. The number of carbonyl (C=O) groups excluding carboxylic acids is 3. The maximum atomic E-state index is 13.8. The van der Waals surface area contributed by atoms with Gasteiger partial charge in [-0.15, -0.1) is 0 Å². The van der Waals surface area contributed by atoms with Crippen molar-refractivity contribution in [3.05, 3.63) is 90.0 Å². The highest BCUT2D eigenvalue weighted by molar-refractivity contribution is 5.98. The number of aliphatic hydroxyl groups excluding tert-OH is 1. The van der Waals surface area contributed by atoms with Crippen LogP contribution < -0.4 is 10.5 Å². The molecule has 0 bridgehead atoms. The molecular weight excluding hydrogens is 480 g/mol. The van der Waals surface area contributed by atoms with Crippen LogP contribution in [0.1, 0.15) is 61.9 Å². The molecule has 0 spiro atoms. The first kappa shape index (κ1) is 25.7. The molecule has 198 valence electrons. The molecule has 0 aliphatic heterocycles. The number of Topliss-reactive ketones (excluding diaryl/α,β-unsaturated/α-hetero) is 1. The van der Waals surface area contributed by atoms with E-state index in [1.54, 1.807) is 36.4 Å². The number of para-hydroxylation sites is 1. The lowest BCUT2D eigenvalue weighted by molar-refractivity contribution is -0.123. The number of nitrogens with zero attached hydrogens (tertiary/aromatic N) is 1. The minimum atomic E-state index is -1.23. The third kappa shape index (κ3) is 6.86. The molecule has 0 radical (unpaired) electrons. The number of ketones is 1. The van der Waals surface area contributed by atoms with Crippen molar-refractivity contribution >= 4 is 17.6 Å². The lowest BCUT2D eigenvalue weighted by atomic mass is 10.00. The minimum Gasteiger partial charge on any atom is -0.493 e. The lowest BCUT2D eigenvalue weighted by Crippen LogP contribution is -2.43. The second-order valence-corrected chi connectivity index (χ2v) is 9.38. The van der Waals surface area contributed by atoms with E-state index < -0.39 is 30.5 Å². The Morgan fingerprint density at radius 2 is 1.58 bits per heavy atom. The van der Waals surface area contributed by atoms with Crippen LogP contribution >= 0.6 is 0 Å². The van der Waals surface area contributed by atoms with Crippen LogP contribution in [0.15, 0.2) is 78.9 Å². The summed E-state index contributed by atoms with van der Waals surface area (Å²) in [5.41, 5.74) is 8.68. The molecule has 1 aliphatic rings. The van der Waals surface area contributed by atoms with Crippen molar-refractivity contribution in [2.24, 2.45) is 5.73 Å². The number of aliphatic hydroxyl groups is 1. The Labute approximate surface area is 224 Å². The number of amides is 2. The summed E-state index contributed by atoms with van der Waals surface area (Å²) in [6.07, 6.45) is 3.28. The highest BCUT2D eigenvalue weighted by Gasteiger charge is 2.42. The Bertz CT molecular complexity index is 1290. The van der Waals surface area contributed by atoms with E-state index in [1.807, 2.05) is 42.5 Å². The molecule has 7 heteroatoms. The highest BCUT2D eigenvalue weighted by atomic mass is 16.5. The van der Waals surface area contributed by atoms with Gasteiger partial charge in [0.15, 0.2) is 5.78 Å². The van der Waals surface area contributed by atoms with Crippen molar-refractivity contribution < 1.29 is 25.6 Å². The summed E-state index contributed by atoms with van der Waals surface area (Å²) in [6.45, 7) is -0.0982. The fourth-order valence-electron chi connectivity index (χ4n) is 4.43. The molecule has 2 amide bonds. The van der Waals surface area contributed by atoms with Crippen LogP contribution in [0, 0.1) is 0 Å². The van der Waals surface area contributed by atoms with Crippen LogP contribution in [-0.4, -0.2) is 46.8 Å². The number of benzene rings is 3. The summed E-state index contributed by atoms with van der Waals surface area (Å²) in [5.74, 6) is -0.931. The number of primary amides is 1. The van der Waals surface area contributed by atoms with Crippen molar-refractivity contribution in [3.8, 4) is 16.9 Å². The van der Waals surface area contributed by atoms with Crippen LogP contribution in [0.3, 0.4) is 0 Å². The average Bonchev–Trinajstić information content (AvgIpc) is 3.71. The summed E-state index contributed by atoms with van der Waals surface area (Å²) < 4.78 is 14.9. The molecule has 3 N–H and O–H groups in total. The SMILES string of the molecule is [2H]C1(N(C(=O)c2ccc(-c3ccccc3)cc2)C(C(N)=O)c2ccccc2OCCCCCC(=O)CO)CC1. The molecule has 1 unspecified atom stereocenters. The van der Waals surface area contributed by atoms with Gasteiger partial charge < -0.3 is 20.5 Å². The van der Waals surface area contributed by atoms with E-state index in [2.05, 4.69) is 0 Å². The van der Waals surface area contributed by atoms with Crippen molar-refractivity contribution in [1.82, 2.24) is 4.90 Å². The summed E-state index contributed by atoms with van der Waals surface area (Å²) in [5, 5.41) is 8.84. The second kappa shape index (κ2) is 13.0. The number of carbonyl (C=O) groups is 3. The fourth-order valence-corrected chi connectivity index (χ4v) is 4.43. The molecule has 3 aromatic carbocycles. The molecule has 0 saturated heterocycles. The van der Waals surface area contributed by atoms with Gasteiger partial charge in [-0.3, -0.25) is 14.4 Å². The van der Waals surface area contributed by atoms with E-state index in [1.165, 1.54) is 4.90 Å². The maximum Gasteiger partial charge on any atom is 0.255 e. The molecule has 38 heavy (non-hydrogen) atoms. The van der Waals surface area contributed by atoms with Gasteiger partial charge in [-0.25, -0.2) is 0 Å². The zero-order chi connectivity index (χ0) is 27.8. The number of unbranched alkanes of at least 4 members (excludes halogenated alkanes) is 2. The van der Waals surface area contributed by atoms with Crippen LogP contribution in [0.25, 0.3) is 11.1 Å². The normalized spacial score (nSPS) is 14.7. The van der Waals surface area contributed by atoms with Gasteiger partial charge in [-0.05, 0) is 61.4 Å². The number of hydrogen-bond acceptors (Lipinski definition) is 5. The first-order valence-electron chi connectivity index (χ1n) is 13.5. The highest BCUT2D eigenvalue weighted by Crippen LogP contribution is 2.39. The molecular formula is C31H34N2O5. The second-order valence-electron chi connectivity index (χ2n) is 9.38. The molecule has 0 aromatic heterocycles. The van der Waals surface area contributed by atoms with E-state index >= 15 is 0 Å². The Balaban J connectivity index is 1.54. The summed E-state index contributed by atoms with van der Waals surface area (Å²) in [4.78, 5) is 39.3. The van der Waals surface area contributed by atoms with E-state index in [0.29, 0.717) is 55.6 Å². The zero-order valence-electron chi connectivity index (χ0n) is 22.3. The maximum absolute atomic E-state index is 13.8. The predicted octanol–water partition coefficient (Wildman–Crippen LogP) is 4.69. The Kier molecular flexibility index (Phi) is 8.79. The van der Waals surface area contributed by atoms with E-state index in [4.69, 9.17) is 16.9 Å². The third-order valence-electron chi connectivity index (χ3n) is 6.55. The van der Waals surface area contributed by atoms with Gasteiger partial charge in [-0.2, -0.15) is 0 Å². The Morgan fingerprint density at radius 3 is 2.24 bits per heavy atom. The monoisotopic (exact) mass is 515 g/mol. The zero-order valence-corrected chi connectivity index (χ0v) is 21.3. The summed E-state index contributed by atoms with van der Waals surface area (Å²) in [6, 6.07) is 21.5. The van der Waals surface area contributed by atoms with Crippen molar-refractivity contribution in [2.45, 2.75) is 50.6 Å². The van der Waals surface area contributed by atoms with Gasteiger partial charge in [0, 0.05) is 23.6 Å². The van der Waals surface area contributed by atoms with Crippen molar-refractivity contribution in [1.29, 1.82) is 0 Å². The summed E-state index contributed by atoms with van der Waals surface area (Å²) in [7, 11) is 0. The van der Waals surface area contributed by atoms with E-state index in [0.717, 1.165) is 17.5 Å². The molecule has 1 saturated carbocycles. The topological polar surface area (TPSA) is 110 Å². The predicted molar refractivity (Wildman–Crippen MR) is 146 cm³/mol. The Morgan fingerprint density at radius 1 is 0.921 bits per heavy atom. The van der Waals surface area contributed by atoms with Crippen LogP contribution in [0.4, 0.5) is 0 Å². The van der Waals surface area contributed by atoms with Crippen LogP contribution in [0.5, 0.6) is 5.75 Å². The quantitative estimate of drug-likeness (QED) is 0.303. The van der Waals surface area contributed by atoms with Gasteiger partial charge in [0.05, 0.1) is 7.98 Å². The fraction of sp³-hybridized carbons (Fsp3) is 0.323. The van der Waals surface area contributed by atoms with Crippen LogP contribution in [-0.2, 0) is 9.59 Å². The van der Waals surface area contributed by atoms with Gasteiger partial charge in [-0.1, -0.05) is 60.7 Å². The molecule has 7 nitrogen and oxygen atoms in total. The number of ether oxygens (including phenoxy) is 1. The number of rotatable bonds is 14. The van der Waals surface area contributed by atoms with Crippen molar-refractivity contribution in [2.75, 3.05) is 13.2 Å². The van der Waals surface area contributed by atoms with E-state index in [-0.39, 0.29) is 5.78 Å². The van der Waals surface area contributed by atoms with E-state index in [9.17, 15) is 14.4 Å². The van der Waals surface area contributed by atoms with Gasteiger partial charge in [0.2, 0.25) is 5.91 Å². The van der Waals surface area contributed by atoms with Gasteiger partial charge in [0.25, 0.3) is 5.91 Å². The third-order valence-corrected chi connectivity index (χ3v) is 6.55. The van der Waals surface area contributed by atoms with Gasteiger partial charge in [0.1, 0.15) is 18.4 Å². The standard InChI is InChI=1S/C31H34N2O5/c32-30(36)29(27-12-6-7-13-28(27)38-20-8-2-5-11-26(35)21-34)33(25-18-19-25)31(37)24-16-14-23(15-17-24)22-9-3-1-4-10-22/h1,3-4,6-7,9-10,12-17,25,29,34H,2,5,8,11,18-21H2,(H2,32,36)/i25D. The average molecular weight is 516 g/mol. The molecule has 0 heterocycles. The molecule has 1 fully saturated rings. The van der Waals surface area contributed by atoms with Crippen molar-refractivity contribution in [3.63, 3.8) is 0 Å². The molecule has 4 rings (SSSR count). The Hall–Kier alpha value is -3.97. The molecule has 1 atom stereocenters. The number of nitrogens with two attached hydrogens (primary N) is 1. The van der Waals surface area contributed by atoms with Gasteiger partial charge >= 0.3 is 0 Å². The molecule has 1 aliphatic carbocycles.